The molecule has 6 nitrogen and oxygen atoms in total. The second kappa shape index (κ2) is 10.4. The second-order valence-electron chi connectivity index (χ2n) is 14.4. The van der Waals surface area contributed by atoms with Crippen LogP contribution in [-0.4, -0.2) is 61.9 Å². The Hall–Kier alpha value is -1.97. The Labute approximate surface area is 240 Å². The van der Waals surface area contributed by atoms with Crippen LogP contribution < -0.4 is 0 Å². The van der Waals surface area contributed by atoms with Crippen molar-refractivity contribution in [2.24, 2.45) is 51.8 Å². The fourth-order valence-electron chi connectivity index (χ4n) is 10.6. The zero-order valence-electron chi connectivity index (χ0n) is 24.9. The van der Waals surface area contributed by atoms with Crippen molar-refractivity contribution in [1.82, 2.24) is 4.90 Å². The number of carbonyl (C=O) groups is 3. The highest BCUT2D eigenvalue weighted by Crippen LogP contribution is 2.74. The molecule has 0 aromatic rings. The molecule has 1 spiro atoms. The topological polar surface area (TPSA) is 72.9 Å². The number of fused-ring (bicyclic) bond motifs is 1. The molecule has 8 atom stereocenters. The van der Waals surface area contributed by atoms with E-state index in [1.807, 2.05) is 0 Å². The average molecular weight is 550 g/mol. The summed E-state index contributed by atoms with van der Waals surface area (Å²) in [6, 6.07) is 0. The van der Waals surface area contributed by atoms with Crippen LogP contribution in [0.25, 0.3) is 0 Å². The lowest BCUT2D eigenvalue weighted by Gasteiger charge is -2.70. The number of allylic oxidation sites excluding steroid dienone is 2. The molecule has 5 fully saturated rings. The lowest BCUT2D eigenvalue weighted by molar-refractivity contribution is -0.202. The monoisotopic (exact) mass is 549 g/mol. The predicted octanol–water partition coefficient (Wildman–Crippen LogP) is 4.85. The fraction of sp³-hybridized carbons (Fsp3) is 0.794. The molecule has 6 heteroatoms. The van der Waals surface area contributed by atoms with E-state index in [-0.39, 0.29) is 47.1 Å². The van der Waals surface area contributed by atoms with Gasteiger partial charge in [0.15, 0.2) is 6.61 Å². The van der Waals surface area contributed by atoms with Crippen molar-refractivity contribution in [3.63, 3.8) is 0 Å². The maximum absolute atomic E-state index is 13.7. The molecule has 1 heterocycles. The number of rotatable bonds is 4. The Morgan fingerprint density at radius 1 is 1.07 bits per heavy atom. The molecule has 8 unspecified atom stereocenters. The molecule has 0 aromatic heterocycles. The largest absolute Gasteiger partial charge is 0.452 e. The van der Waals surface area contributed by atoms with Crippen LogP contribution in [0.2, 0.25) is 0 Å². The lowest BCUT2D eigenvalue weighted by atomic mass is 9.33. The fourth-order valence-corrected chi connectivity index (χ4v) is 10.6. The summed E-state index contributed by atoms with van der Waals surface area (Å²) in [6.07, 6.45) is 9.00. The second-order valence-corrected chi connectivity index (χ2v) is 14.4. The molecule has 218 valence electrons. The van der Waals surface area contributed by atoms with Gasteiger partial charge in [0.05, 0.1) is 25.2 Å². The zero-order valence-corrected chi connectivity index (χ0v) is 24.9. The van der Waals surface area contributed by atoms with Gasteiger partial charge >= 0.3 is 5.97 Å². The molecule has 7 rings (SSSR count). The first-order chi connectivity index (χ1) is 19.1. The number of Topliss-reactive ketones (excluding diaryl/α,β-unsaturated/α-hetero) is 2. The molecule has 4 saturated carbocycles. The van der Waals surface area contributed by atoms with Crippen LogP contribution in [0, 0.1) is 63.6 Å². The quantitative estimate of drug-likeness (QED) is 0.284. The summed E-state index contributed by atoms with van der Waals surface area (Å²) in [5, 5.41) is 0. The van der Waals surface area contributed by atoms with Crippen LogP contribution in [0.1, 0.15) is 79.1 Å². The van der Waals surface area contributed by atoms with E-state index >= 15 is 0 Å². The first kappa shape index (κ1) is 28.2. The molecule has 40 heavy (non-hydrogen) atoms. The molecule has 1 saturated heterocycles. The van der Waals surface area contributed by atoms with E-state index in [9.17, 15) is 14.4 Å². The maximum Gasteiger partial charge on any atom is 0.313 e. The van der Waals surface area contributed by atoms with Crippen molar-refractivity contribution in [2.45, 2.75) is 79.1 Å². The molecular formula is C34H47NO5. The lowest BCUT2D eigenvalue weighted by Crippen LogP contribution is -2.67. The van der Waals surface area contributed by atoms with Crippen LogP contribution in [-0.2, 0) is 23.9 Å². The van der Waals surface area contributed by atoms with E-state index in [1.54, 1.807) is 0 Å². The van der Waals surface area contributed by atoms with Crippen LogP contribution in [0.15, 0.2) is 11.6 Å². The molecule has 7 aliphatic rings. The highest BCUT2D eigenvalue weighted by Gasteiger charge is 2.70. The van der Waals surface area contributed by atoms with Crippen LogP contribution in [0.3, 0.4) is 0 Å². The summed E-state index contributed by atoms with van der Waals surface area (Å²) in [7, 11) is 0. The third-order valence-corrected chi connectivity index (χ3v) is 12.3. The van der Waals surface area contributed by atoms with Gasteiger partial charge in [0, 0.05) is 43.2 Å². The van der Waals surface area contributed by atoms with Crippen molar-refractivity contribution >= 4 is 17.5 Å². The Balaban J connectivity index is 1.24. The number of morpholine rings is 1. The van der Waals surface area contributed by atoms with E-state index < -0.39 is 5.41 Å². The van der Waals surface area contributed by atoms with Crippen LogP contribution in [0.5, 0.6) is 0 Å². The van der Waals surface area contributed by atoms with Gasteiger partial charge < -0.3 is 9.47 Å². The van der Waals surface area contributed by atoms with E-state index in [4.69, 9.17) is 9.47 Å². The molecule has 1 aliphatic heterocycles. The summed E-state index contributed by atoms with van der Waals surface area (Å²) in [5.74, 6) is 7.55. The third-order valence-electron chi connectivity index (χ3n) is 12.3. The smallest absolute Gasteiger partial charge is 0.313 e. The van der Waals surface area contributed by atoms with Gasteiger partial charge in [-0.15, -0.1) is 0 Å². The highest BCUT2D eigenvalue weighted by molar-refractivity contribution is 5.98. The molecule has 0 N–H and O–H groups in total. The van der Waals surface area contributed by atoms with Gasteiger partial charge in [-0.1, -0.05) is 50.7 Å². The standard InChI is InChI=1S/C34H47NO5/c1-22(2)24-21-34-13-10-27-32(3,28(34)20-23(24)29-25(36)8-9-26(37)30(29)34)11-7-12-33(27,4)31(38)40-17-6-5-14-35-15-18-39-19-16-35/h21-23,27-30H,7-20H2,1-4H3. The van der Waals surface area contributed by atoms with Gasteiger partial charge in [0.25, 0.3) is 0 Å². The number of esters is 1. The number of carbonyl (C=O) groups excluding carboxylic acids is 3. The van der Waals surface area contributed by atoms with Crippen LogP contribution in [0.4, 0.5) is 0 Å². The normalized spacial score (nSPS) is 42.7. The van der Waals surface area contributed by atoms with Crippen molar-refractivity contribution in [1.29, 1.82) is 0 Å². The minimum atomic E-state index is -0.548. The van der Waals surface area contributed by atoms with Gasteiger partial charge in [-0.25, -0.2) is 0 Å². The maximum atomic E-state index is 13.7. The Morgan fingerprint density at radius 3 is 2.58 bits per heavy atom. The highest BCUT2D eigenvalue weighted by atomic mass is 16.5. The van der Waals surface area contributed by atoms with Gasteiger partial charge in [0.2, 0.25) is 0 Å². The van der Waals surface area contributed by atoms with Crippen molar-refractivity contribution in [3.05, 3.63) is 11.6 Å². The first-order valence-electron chi connectivity index (χ1n) is 15.8. The minimum Gasteiger partial charge on any atom is -0.452 e. The molecule has 0 aromatic carbocycles. The van der Waals surface area contributed by atoms with Crippen molar-refractivity contribution < 1.29 is 23.9 Å². The predicted molar refractivity (Wildman–Crippen MR) is 152 cm³/mol. The van der Waals surface area contributed by atoms with Gasteiger partial charge in [-0.2, -0.15) is 0 Å². The average Bonchev–Trinajstić information content (AvgIpc) is 2.94. The Morgan fingerprint density at radius 2 is 1.82 bits per heavy atom. The number of hydrogen-bond acceptors (Lipinski definition) is 6. The Kier molecular flexibility index (Phi) is 7.31. The van der Waals surface area contributed by atoms with Gasteiger partial charge in [-0.05, 0) is 68.1 Å². The van der Waals surface area contributed by atoms with Crippen molar-refractivity contribution in [3.8, 4) is 11.8 Å². The Bertz CT molecular complexity index is 1160. The van der Waals surface area contributed by atoms with Gasteiger partial charge in [-0.3, -0.25) is 19.3 Å². The summed E-state index contributed by atoms with van der Waals surface area (Å²) in [4.78, 5) is 42.9. The SMILES string of the molecule is CC(C)C1=CC23CCC4C(C)(C(=O)OCC#CCN5CCOCC5)CCCC4(C)C2CC1C1C(=O)CCC(=O)C13. The molecule has 6 aliphatic carbocycles. The minimum absolute atomic E-state index is 0.0602. The molecule has 0 amide bonds. The third kappa shape index (κ3) is 4.25. The van der Waals surface area contributed by atoms with Crippen molar-refractivity contribution in [2.75, 3.05) is 39.5 Å². The van der Waals surface area contributed by atoms with E-state index in [0.717, 1.165) is 64.8 Å². The first-order valence-corrected chi connectivity index (χ1v) is 15.8. The number of ketones is 2. The number of ether oxygens (including phenoxy) is 2. The molecule has 0 radical (unpaired) electrons. The summed E-state index contributed by atoms with van der Waals surface area (Å²) >= 11 is 0. The summed E-state index contributed by atoms with van der Waals surface area (Å²) in [6.45, 7) is 13.1. The van der Waals surface area contributed by atoms with Crippen LogP contribution >= 0.6 is 0 Å². The van der Waals surface area contributed by atoms with E-state index in [0.29, 0.717) is 42.8 Å². The number of hydrogen-bond donors (Lipinski definition) is 0. The zero-order chi connectivity index (χ0) is 28.3. The van der Waals surface area contributed by atoms with E-state index in [2.05, 4.69) is 50.5 Å². The number of nitrogens with zero attached hydrogens (tertiary/aromatic N) is 1. The summed E-state index contributed by atoms with van der Waals surface area (Å²) in [5.41, 5.74) is 0.559. The molecule has 2 bridgehead atoms. The molecular weight excluding hydrogens is 502 g/mol. The summed E-state index contributed by atoms with van der Waals surface area (Å²) < 4.78 is 11.3. The van der Waals surface area contributed by atoms with E-state index in [1.165, 1.54) is 5.57 Å². The van der Waals surface area contributed by atoms with Gasteiger partial charge in [0.1, 0.15) is 11.6 Å².